The van der Waals surface area contributed by atoms with Gasteiger partial charge in [0.1, 0.15) is 0 Å². The second-order valence-corrected chi connectivity index (χ2v) is 3.96. The largest absolute Gasteiger partial charge is 0.416 e. The lowest BCUT2D eigenvalue weighted by molar-refractivity contribution is -0.137. The lowest BCUT2D eigenvalue weighted by Gasteiger charge is -2.19. The molecule has 0 aliphatic rings. The third kappa shape index (κ3) is 3.60. The Bertz CT molecular complexity index is 461. The van der Waals surface area contributed by atoms with Gasteiger partial charge in [0.15, 0.2) is 0 Å². The van der Waals surface area contributed by atoms with Gasteiger partial charge in [-0.2, -0.15) is 13.2 Å². The molecule has 1 aromatic rings. The first kappa shape index (κ1) is 15.3. The van der Waals surface area contributed by atoms with Gasteiger partial charge in [-0.15, -0.1) is 0 Å². The van der Waals surface area contributed by atoms with Crippen LogP contribution in [0.1, 0.15) is 15.9 Å². The molecule has 0 unspecified atom stereocenters. The zero-order chi connectivity index (χ0) is 14.6. The number of alkyl halides is 3. The highest BCUT2D eigenvalue weighted by atomic mass is 19.4. The molecular formula is C12H15F3N2O2. The molecule has 1 aromatic carbocycles. The number of carbonyl (C=O) groups is 1. The number of nitrogens with zero attached hydrogens (tertiary/aromatic N) is 1. The summed E-state index contributed by atoms with van der Waals surface area (Å²) in [5.74, 6) is -0.579. The number of anilines is 1. The Morgan fingerprint density at radius 3 is 2.53 bits per heavy atom. The fourth-order valence-electron chi connectivity index (χ4n) is 1.57. The van der Waals surface area contributed by atoms with Crippen LogP contribution in [-0.2, 0) is 6.18 Å². The van der Waals surface area contributed by atoms with Gasteiger partial charge in [-0.25, -0.2) is 0 Å². The molecule has 4 nitrogen and oxygen atoms in total. The minimum atomic E-state index is -4.50. The predicted octanol–water partition coefficient (Wildman–Crippen LogP) is 1.81. The summed E-state index contributed by atoms with van der Waals surface area (Å²) in [7, 11) is 2.93. The molecule has 0 radical (unpaired) electrons. The fraction of sp³-hybridized carbons (Fsp3) is 0.417. The summed E-state index contributed by atoms with van der Waals surface area (Å²) in [5.41, 5.74) is -0.650. The zero-order valence-corrected chi connectivity index (χ0v) is 10.6. The minimum Gasteiger partial charge on any atom is -0.395 e. The van der Waals surface area contributed by atoms with Crippen LogP contribution in [0.4, 0.5) is 18.9 Å². The summed E-state index contributed by atoms with van der Waals surface area (Å²) in [4.78, 5) is 13.2. The molecule has 0 atom stereocenters. The number of halogens is 3. The molecule has 0 saturated carbocycles. The van der Waals surface area contributed by atoms with E-state index in [4.69, 9.17) is 5.11 Å². The molecule has 0 heterocycles. The fourth-order valence-corrected chi connectivity index (χ4v) is 1.57. The number of benzene rings is 1. The number of nitrogens with one attached hydrogen (secondary N) is 1. The summed E-state index contributed by atoms with van der Waals surface area (Å²) in [5, 5.41) is 11.4. The van der Waals surface area contributed by atoms with Crippen LogP contribution in [0.3, 0.4) is 0 Å². The van der Waals surface area contributed by atoms with E-state index in [1.54, 1.807) is 0 Å². The summed E-state index contributed by atoms with van der Waals surface area (Å²) >= 11 is 0. The Balaban J connectivity index is 3.20. The molecule has 1 amide bonds. The van der Waals surface area contributed by atoms with Crippen LogP contribution in [0, 0.1) is 0 Å². The third-order valence-electron chi connectivity index (χ3n) is 2.63. The molecule has 19 heavy (non-hydrogen) atoms. The topological polar surface area (TPSA) is 52.6 Å². The summed E-state index contributed by atoms with van der Waals surface area (Å²) < 4.78 is 37.9. The van der Waals surface area contributed by atoms with Gasteiger partial charge in [-0.1, -0.05) is 0 Å². The van der Waals surface area contributed by atoms with E-state index < -0.39 is 17.6 Å². The lowest BCUT2D eigenvalue weighted by Crippen LogP contribution is -2.30. The van der Waals surface area contributed by atoms with Crippen molar-refractivity contribution in [3.8, 4) is 0 Å². The van der Waals surface area contributed by atoms with Crippen LogP contribution in [-0.4, -0.2) is 43.2 Å². The first-order chi connectivity index (χ1) is 8.81. The standard InChI is InChI=1S/C12H15F3N2O2/c1-16-10-4-3-8(12(13,14)15)7-9(10)11(19)17(2)5-6-18/h3-4,7,16,18H,5-6H2,1-2H3. The quantitative estimate of drug-likeness (QED) is 0.882. The molecular weight excluding hydrogens is 261 g/mol. The van der Waals surface area contributed by atoms with E-state index in [0.29, 0.717) is 5.69 Å². The van der Waals surface area contributed by atoms with Crippen molar-refractivity contribution in [2.24, 2.45) is 0 Å². The second kappa shape index (κ2) is 5.92. The van der Waals surface area contributed by atoms with Gasteiger partial charge in [0.2, 0.25) is 0 Å². The van der Waals surface area contributed by atoms with Crippen LogP contribution in [0.2, 0.25) is 0 Å². The van der Waals surface area contributed by atoms with Crippen LogP contribution < -0.4 is 5.32 Å². The van der Waals surface area contributed by atoms with E-state index in [1.165, 1.54) is 20.2 Å². The Labute approximate surface area is 108 Å². The number of likely N-dealkylation sites (N-methyl/N-ethyl adjacent to an activating group) is 1. The van der Waals surface area contributed by atoms with Gasteiger partial charge in [-0.05, 0) is 18.2 Å². The molecule has 0 spiro atoms. The number of aliphatic hydroxyl groups is 1. The predicted molar refractivity (Wildman–Crippen MR) is 65.0 cm³/mol. The van der Waals surface area contributed by atoms with Gasteiger partial charge < -0.3 is 15.3 Å². The zero-order valence-electron chi connectivity index (χ0n) is 10.6. The second-order valence-electron chi connectivity index (χ2n) is 3.96. The molecule has 0 bridgehead atoms. The summed E-state index contributed by atoms with van der Waals surface area (Å²) in [6.07, 6.45) is -4.50. The first-order valence-electron chi connectivity index (χ1n) is 5.56. The van der Waals surface area contributed by atoms with Crippen molar-refractivity contribution in [1.29, 1.82) is 0 Å². The molecule has 0 aromatic heterocycles. The van der Waals surface area contributed by atoms with Gasteiger partial charge in [0.25, 0.3) is 5.91 Å². The van der Waals surface area contributed by atoms with E-state index in [1.807, 2.05) is 0 Å². The Hall–Kier alpha value is -1.76. The smallest absolute Gasteiger partial charge is 0.395 e. The van der Waals surface area contributed by atoms with Crippen LogP contribution in [0.25, 0.3) is 0 Å². The molecule has 1 rings (SSSR count). The maximum Gasteiger partial charge on any atom is 0.416 e. The minimum absolute atomic E-state index is 0.0538. The van der Waals surface area contributed by atoms with Gasteiger partial charge in [0.05, 0.1) is 17.7 Å². The van der Waals surface area contributed by atoms with Crippen molar-refractivity contribution in [2.75, 3.05) is 32.6 Å². The van der Waals surface area contributed by atoms with Crippen LogP contribution >= 0.6 is 0 Å². The summed E-state index contributed by atoms with van der Waals surface area (Å²) in [6, 6.07) is 2.93. The van der Waals surface area contributed by atoms with Crippen molar-refractivity contribution < 1.29 is 23.1 Å². The Kier molecular flexibility index (Phi) is 4.77. The number of hydrogen-bond acceptors (Lipinski definition) is 3. The van der Waals surface area contributed by atoms with E-state index in [9.17, 15) is 18.0 Å². The van der Waals surface area contributed by atoms with Crippen molar-refractivity contribution in [2.45, 2.75) is 6.18 Å². The van der Waals surface area contributed by atoms with Crippen molar-refractivity contribution in [1.82, 2.24) is 4.90 Å². The van der Waals surface area contributed by atoms with Crippen LogP contribution in [0.15, 0.2) is 18.2 Å². The molecule has 0 aliphatic heterocycles. The van der Waals surface area contributed by atoms with Crippen molar-refractivity contribution >= 4 is 11.6 Å². The van der Waals surface area contributed by atoms with E-state index >= 15 is 0 Å². The average molecular weight is 276 g/mol. The van der Waals surface area contributed by atoms with Gasteiger partial charge in [-0.3, -0.25) is 4.79 Å². The van der Waals surface area contributed by atoms with Gasteiger partial charge in [0, 0.05) is 26.3 Å². The highest BCUT2D eigenvalue weighted by Gasteiger charge is 2.32. The molecule has 7 heteroatoms. The highest BCUT2D eigenvalue weighted by molar-refractivity contribution is 5.99. The summed E-state index contributed by atoms with van der Waals surface area (Å²) in [6.45, 7) is -0.200. The molecule has 0 aliphatic carbocycles. The highest BCUT2D eigenvalue weighted by Crippen LogP contribution is 2.32. The van der Waals surface area contributed by atoms with Gasteiger partial charge >= 0.3 is 6.18 Å². The van der Waals surface area contributed by atoms with E-state index in [-0.39, 0.29) is 18.7 Å². The van der Waals surface area contributed by atoms with E-state index in [2.05, 4.69) is 5.32 Å². The lowest BCUT2D eigenvalue weighted by atomic mass is 10.1. The monoisotopic (exact) mass is 276 g/mol. The van der Waals surface area contributed by atoms with Crippen molar-refractivity contribution in [3.05, 3.63) is 29.3 Å². The molecule has 0 saturated heterocycles. The Morgan fingerprint density at radius 2 is 2.05 bits per heavy atom. The Morgan fingerprint density at radius 1 is 1.42 bits per heavy atom. The normalized spacial score (nSPS) is 11.3. The number of rotatable bonds is 4. The van der Waals surface area contributed by atoms with Crippen molar-refractivity contribution in [3.63, 3.8) is 0 Å². The number of carbonyl (C=O) groups excluding carboxylic acids is 1. The molecule has 106 valence electrons. The molecule has 2 N–H and O–H groups in total. The van der Waals surface area contributed by atoms with Crippen LogP contribution in [0.5, 0.6) is 0 Å². The van der Waals surface area contributed by atoms with E-state index in [0.717, 1.165) is 17.0 Å². The first-order valence-corrected chi connectivity index (χ1v) is 5.56. The molecule has 0 fully saturated rings. The number of hydrogen-bond donors (Lipinski definition) is 2. The third-order valence-corrected chi connectivity index (χ3v) is 2.63. The number of aliphatic hydroxyl groups excluding tert-OH is 1. The maximum absolute atomic E-state index is 12.6. The SMILES string of the molecule is CNc1ccc(C(F)(F)F)cc1C(=O)N(C)CCO. The average Bonchev–Trinajstić information content (AvgIpc) is 2.36. The maximum atomic E-state index is 12.6. The number of amides is 1.